The van der Waals surface area contributed by atoms with Gasteiger partial charge in [0.15, 0.2) is 17.3 Å². The highest BCUT2D eigenvalue weighted by atomic mass is 16.6. The molecule has 0 spiro atoms. The van der Waals surface area contributed by atoms with Gasteiger partial charge >= 0.3 is 0 Å². The monoisotopic (exact) mass is 242 g/mol. The Morgan fingerprint density at radius 3 is 2.56 bits per heavy atom. The Hall–Kier alpha value is -2.70. The van der Waals surface area contributed by atoms with E-state index in [0.717, 1.165) is 11.5 Å². The summed E-state index contributed by atoms with van der Waals surface area (Å²) in [7, 11) is 0. The van der Waals surface area contributed by atoms with Crippen molar-refractivity contribution in [1.82, 2.24) is 25.1 Å². The van der Waals surface area contributed by atoms with Gasteiger partial charge in [-0.1, -0.05) is 18.2 Å². The van der Waals surface area contributed by atoms with E-state index >= 15 is 0 Å². The number of hydrogen-bond acceptors (Lipinski definition) is 6. The second-order valence-electron chi connectivity index (χ2n) is 3.74. The lowest BCUT2D eigenvalue weighted by molar-refractivity contribution is 0.310. The zero-order valence-corrected chi connectivity index (χ0v) is 9.61. The Bertz CT molecular complexity index is 672. The van der Waals surface area contributed by atoms with E-state index in [1.54, 1.807) is 0 Å². The number of anilines is 1. The van der Waals surface area contributed by atoms with E-state index in [1.807, 2.05) is 41.8 Å². The lowest BCUT2D eigenvalue weighted by Gasteiger charge is -2.06. The van der Waals surface area contributed by atoms with Crippen LogP contribution in [-0.4, -0.2) is 25.1 Å². The van der Waals surface area contributed by atoms with Crippen molar-refractivity contribution in [2.24, 2.45) is 0 Å². The molecule has 2 N–H and O–H groups in total. The molecule has 18 heavy (non-hydrogen) atoms. The highest BCUT2D eigenvalue weighted by Crippen LogP contribution is 2.24. The van der Waals surface area contributed by atoms with Gasteiger partial charge in [0.2, 0.25) is 0 Å². The zero-order chi connectivity index (χ0) is 12.5. The predicted molar refractivity (Wildman–Crippen MR) is 63.8 cm³/mol. The lowest BCUT2D eigenvalue weighted by Crippen LogP contribution is -2.01. The average Bonchev–Trinajstić information content (AvgIpc) is 2.96. The second kappa shape index (κ2) is 3.95. The summed E-state index contributed by atoms with van der Waals surface area (Å²) in [6, 6.07) is 9.70. The number of aryl methyl sites for hydroxylation is 1. The van der Waals surface area contributed by atoms with E-state index in [0.29, 0.717) is 11.5 Å². The van der Waals surface area contributed by atoms with Crippen LogP contribution in [0.4, 0.5) is 5.82 Å². The van der Waals surface area contributed by atoms with Crippen molar-refractivity contribution >= 4 is 5.82 Å². The lowest BCUT2D eigenvalue weighted by atomic mass is 10.3. The van der Waals surface area contributed by atoms with Crippen molar-refractivity contribution in [3.8, 4) is 17.2 Å². The number of rotatable bonds is 2. The van der Waals surface area contributed by atoms with Crippen LogP contribution in [0.2, 0.25) is 0 Å². The first kappa shape index (κ1) is 10.5. The van der Waals surface area contributed by atoms with E-state index in [4.69, 9.17) is 5.73 Å². The van der Waals surface area contributed by atoms with Crippen LogP contribution in [0, 0.1) is 6.92 Å². The molecule has 7 nitrogen and oxygen atoms in total. The minimum atomic E-state index is 0.194. The van der Waals surface area contributed by atoms with E-state index < -0.39 is 0 Å². The third-order valence-corrected chi connectivity index (χ3v) is 2.56. The van der Waals surface area contributed by atoms with Crippen LogP contribution < -0.4 is 5.73 Å². The third kappa shape index (κ3) is 1.53. The Labute approximate surface area is 102 Å². The van der Waals surface area contributed by atoms with Gasteiger partial charge in [0, 0.05) is 5.69 Å². The molecule has 0 aliphatic rings. The smallest absolute Gasteiger partial charge is 0.199 e. The maximum atomic E-state index is 5.68. The number of benzene rings is 1. The highest BCUT2D eigenvalue weighted by Gasteiger charge is 2.19. The minimum Gasteiger partial charge on any atom is -0.379 e. The SMILES string of the molecule is Cc1nnc(-c2nonc2N)n1-c1ccccc1. The molecule has 0 fully saturated rings. The normalized spacial score (nSPS) is 10.7. The van der Waals surface area contributed by atoms with Gasteiger partial charge in [0.25, 0.3) is 0 Å². The largest absolute Gasteiger partial charge is 0.379 e. The highest BCUT2D eigenvalue weighted by molar-refractivity contribution is 5.64. The molecule has 0 aliphatic heterocycles. The first-order valence-corrected chi connectivity index (χ1v) is 5.33. The number of aromatic nitrogens is 5. The van der Waals surface area contributed by atoms with Crippen LogP contribution in [0.1, 0.15) is 5.82 Å². The van der Waals surface area contributed by atoms with Gasteiger partial charge in [-0.3, -0.25) is 4.57 Å². The van der Waals surface area contributed by atoms with Gasteiger partial charge in [0.1, 0.15) is 5.82 Å². The standard InChI is InChI=1S/C11H10N6O/c1-7-13-14-11(9-10(12)16-18-15-9)17(7)8-5-3-2-4-6-8/h2-6H,1H3,(H2,12,16). The summed E-state index contributed by atoms with van der Waals surface area (Å²) in [6.07, 6.45) is 0. The van der Waals surface area contributed by atoms with Crippen LogP contribution in [0.3, 0.4) is 0 Å². The van der Waals surface area contributed by atoms with Gasteiger partial charge < -0.3 is 5.73 Å². The fourth-order valence-corrected chi connectivity index (χ4v) is 1.75. The number of nitrogen functional groups attached to an aromatic ring is 1. The van der Waals surface area contributed by atoms with Crippen molar-refractivity contribution in [2.45, 2.75) is 6.92 Å². The molecule has 3 rings (SSSR count). The molecular formula is C11H10N6O. The van der Waals surface area contributed by atoms with Gasteiger partial charge in [-0.2, -0.15) is 0 Å². The number of hydrogen-bond donors (Lipinski definition) is 1. The fraction of sp³-hybridized carbons (Fsp3) is 0.0909. The maximum Gasteiger partial charge on any atom is 0.199 e. The van der Waals surface area contributed by atoms with Crippen LogP contribution in [0.5, 0.6) is 0 Å². The molecule has 0 bridgehead atoms. The van der Waals surface area contributed by atoms with Gasteiger partial charge in [0.05, 0.1) is 0 Å². The quantitative estimate of drug-likeness (QED) is 0.725. The van der Waals surface area contributed by atoms with Crippen molar-refractivity contribution in [1.29, 1.82) is 0 Å². The molecule has 3 aromatic rings. The Morgan fingerprint density at radius 1 is 1.11 bits per heavy atom. The van der Waals surface area contributed by atoms with Crippen LogP contribution in [0.25, 0.3) is 17.2 Å². The van der Waals surface area contributed by atoms with Crippen molar-refractivity contribution in [3.05, 3.63) is 36.2 Å². The first-order valence-electron chi connectivity index (χ1n) is 5.33. The molecular weight excluding hydrogens is 232 g/mol. The van der Waals surface area contributed by atoms with Crippen LogP contribution >= 0.6 is 0 Å². The molecule has 0 saturated carbocycles. The molecule has 0 saturated heterocycles. The summed E-state index contributed by atoms with van der Waals surface area (Å²) in [5.74, 6) is 1.44. The molecule has 7 heteroatoms. The first-order chi connectivity index (χ1) is 8.77. The molecule has 90 valence electrons. The van der Waals surface area contributed by atoms with Crippen LogP contribution in [0.15, 0.2) is 35.0 Å². The minimum absolute atomic E-state index is 0.194. The van der Waals surface area contributed by atoms with E-state index in [9.17, 15) is 0 Å². The third-order valence-electron chi connectivity index (χ3n) is 2.56. The van der Waals surface area contributed by atoms with E-state index in [2.05, 4.69) is 25.1 Å². The van der Waals surface area contributed by atoms with Gasteiger partial charge in [-0.25, -0.2) is 4.63 Å². The number of para-hydroxylation sites is 1. The van der Waals surface area contributed by atoms with Crippen molar-refractivity contribution < 1.29 is 4.63 Å². The van der Waals surface area contributed by atoms with Crippen molar-refractivity contribution in [3.63, 3.8) is 0 Å². The summed E-state index contributed by atoms with van der Waals surface area (Å²) in [5.41, 5.74) is 7.00. The summed E-state index contributed by atoms with van der Waals surface area (Å²) in [5, 5.41) is 15.4. The summed E-state index contributed by atoms with van der Waals surface area (Å²) in [4.78, 5) is 0. The van der Waals surface area contributed by atoms with E-state index in [1.165, 1.54) is 0 Å². The maximum absolute atomic E-state index is 5.68. The topological polar surface area (TPSA) is 95.7 Å². The molecule has 0 radical (unpaired) electrons. The molecule has 2 heterocycles. The Morgan fingerprint density at radius 2 is 1.89 bits per heavy atom. The second-order valence-corrected chi connectivity index (χ2v) is 3.74. The summed E-state index contributed by atoms with van der Waals surface area (Å²) in [6.45, 7) is 1.85. The number of nitrogens with two attached hydrogens (primary N) is 1. The molecule has 0 atom stereocenters. The summed E-state index contributed by atoms with van der Waals surface area (Å²) < 4.78 is 6.44. The fourth-order valence-electron chi connectivity index (χ4n) is 1.75. The molecule has 0 unspecified atom stereocenters. The molecule has 0 aliphatic carbocycles. The van der Waals surface area contributed by atoms with Crippen molar-refractivity contribution in [2.75, 3.05) is 5.73 Å². The molecule has 1 aromatic carbocycles. The van der Waals surface area contributed by atoms with E-state index in [-0.39, 0.29) is 5.82 Å². The van der Waals surface area contributed by atoms with Gasteiger partial charge in [-0.05, 0) is 29.4 Å². The Kier molecular flexibility index (Phi) is 2.30. The zero-order valence-electron chi connectivity index (χ0n) is 9.61. The predicted octanol–water partition coefficient (Wildman–Crippen LogP) is 1.21. The average molecular weight is 242 g/mol. The van der Waals surface area contributed by atoms with Gasteiger partial charge in [-0.15, -0.1) is 10.2 Å². The number of nitrogens with zero attached hydrogens (tertiary/aromatic N) is 5. The molecule has 0 amide bonds. The summed E-state index contributed by atoms with van der Waals surface area (Å²) >= 11 is 0. The van der Waals surface area contributed by atoms with Crippen LogP contribution in [-0.2, 0) is 0 Å². The Balaban J connectivity index is 2.22. The molecule has 2 aromatic heterocycles.